The van der Waals surface area contributed by atoms with Crippen molar-refractivity contribution in [3.05, 3.63) is 70.9 Å². The molecule has 1 aliphatic rings. The van der Waals surface area contributed by atoms with Crippen LogP contribution in [0.25, 0.3) is 6.08 Å². The summed E-state index contributed by atoms with van der Waals surface area (Å²) in [5.41, 5.74) is 10.7. The van der Waals surface area contributed by atoms with E-state index in [1.807, 2.05) is 24.4 Å². The minimum atomic E-state index is -0.382. The minimum Gasteiger partial charge on any atom is -0.366 e. The molecule has 0 unspecified atom stereocenters. The highest BCUT2D eigenvalue weighted by Crippen LogP contribution is 2.31. The van der Waals surface area contributed by atoms with E-state index in [0.717, 1.165) is 24.2 Å². The topological polar surface area (TPSA) is 46.3 Å². The van der Waals surface area contributed by atoms with Crippen LogP contribution in [0.3, 0.4) is 0 Å². The molecule has 0 aromatic heterocycles. The number of carbonyl (C=O) groups is 1. The molecule has 1 heterocycles. The summed E-state index contributed by atoms with van der Waals surface area (Å²) in [6, 6.07) is 14.0. The fourth-order valence-corrected chi connectivity index (χ4v) is 2.82. The molecular formula is C18H18N2O. The summed E-state index contributed by atoms with van der Waals surface area (Å²) in [4.78, 5) is 13.9. The Bertz CT molecular complexity index is 719. The van der Waals surface area contributed by atoms with Crippen LogP contribution in [0.2, 0.25) is 0 Å². The van der Waals surface area contributed by atoms with Gasteiger partial charge in [0.2, 0.25) is 0 Å². The molecule has 3 nitrogen and oxygen atoms in total. The lowest BCUT2D eigenvalue weighted by atomic mass is 9.99. The van der Waals surface area contributed by atoms with Gasteiger partial charge in [-0.15, -0.1) is 0 Å². The third-order valence-corrected chi connectivity index (χ3v) is 3.88. The first-order valence-electron chi connectivity index (χ1n) is 7.15. The minimum absolute atomic E-state index is 0.382. The molecule has 3 heteroatoms. The van der Waals surface area contributed by atoms with Crippen molar-refractivity contribution in [1.29, 1.82) is 0 Å². The second-order valence-corrected chi connectivity index (χ2v) is 5.17. The number of amides is 1. The molecule has 2 N–H and O–H groups in total. The molecule has 21 heavy (non-hydrogen) atoms. The van der Waals surface area contributed by atoms with Gasteiger partial charge in [0.1, 0.15) is 0 Å². The Balaban J connectivity index is 2.08. The second kappa shape index (κ2) is 5.44. The molecule has 0 spiro atoms. The predicted molar refractivity (Wildman–Crippen MR) is 86.0 cm³/mol. The number of carbonyl (C=O) groups excluding carboxylic acids is 1. The van der Waals surface area contributed by atoms with Gasteiger partial charge in [0, 0.05) is 12.7 Å². The van der Waals surface area contributed by atoms with Gasteiger partial charge in [-0.05, 0) is 35.3 Å². The van der Waals surface area contributed by atoms with Crippen molar-refractivity contribution in [2.45, 2.75) is 19.9 Å². The Hall–Kier alpha value is -2.55. The van der Waals surface area contributed by atoms with E-state index in [9.17, 15) is 4.79 Å². The van der Waals surface area contributed by atoms with Gasteiger partial charge < -0.3 is 10.6 Å². The van der Waals surface area contributed by atoms with E-state index in [1.165, 1.54) is 11.1 Å². The summed E-state index contributed by atoms with van der Waals surface area (Å²) in [6.07, 6.45) is 4.97. The van der Waals surface area contributed by atoms with Crippen molar-refractivity contribution in [3.63, 3.8) is 0 Å². The highest BCUT2D eigenvalue weighted by molar-refractivity contribution is 6.00. The van der Waals surface area contributed by atoms with Gasteiger partial charge in [-0.1, -0.05) is 43.3 Å². The number of nitrogens with two attached hydrogens (primary N) is 1. The fourth-order valence-electron chi connectivity index (χ4n) is 2.82. The number of anilines is 1. The van der Waals surface area contributed by atoms with Gasteiger partial charge in [0.15, 0.2) is 0 Å². The molecule has 106 valence electrons. The number of aryl methyl sites for hydroxylation is 1. The van der Waals surface area contributed by atoms with E-state index >= 15 is 0 Å². The van der Waals surface area contributed by atoms with Gasteiger partial charge in [-0.25, -0.2) is 0 Å². The number of benzene rings is 2. The lowest BCUT2D eigenvalue weighted by molar-refractivity contribution is 0.100. The summed E-state index contributed by atoms with van der Waals surface area (Å²) >= 11 is 0. The summed E-state index contributed by atoms with van der Waals surface area (Å²) in [5, 5.41) is 0. The van der Waals surface area contributed by atoms with Gasteiger partial charge >= 0.3 is 0 Å². The SMILES string of the molecule is CCc1cccc(C(N)=O)c1N1C=Cc2ccccc2C1. The number of fused-ring (bicyclic) bond motifs is 1. The smallest absolute Gasteiger partial charge is 0.250 e. The van der Waals surface area contributed by atoms with E-state index in [0.29, 0.717) is 5.56 Å². The largest absolute Gasteiger partial charge is 0.366 e. The molecule has 1 amide bonds. The maximum Gasteiger partial charge on any atom is 0.250 e. The van der Waals surface area contributed by atoms with E-state index < -0.39 is 0 Å². The van der Waals surface area contributed by atoms with Crippen molar-refractivity contribution in [2.75, 3.05) is 4.90 Å². The maximum absolute atomic E-state index is 11.7. The Morgan fingerprint density at radius 3 is 2.76 bits per heavy atom. The molecule has 0 atom stereocenters. The molecule has 0 bridgehead atoms. The molecule has 0 radical (unpaired) electrons. The highest BCUT2D eigenvalue weighted by atomic mass is 16.1. The lowest BCUT2D eigenvalue weighted by Crippen LogP contribution is -2.24. The normalized spacial score (nSPS) is 13.1. The molecular weight excluding hydrogens is 260 g/mol. The predicted octanol–water partition coefficient (Wildman–Crippen LogP) is 3.34. The van der Waals surface area contributed by atoms with Crippen molar-refractivity contribution < 1.29 is 4.79 Å². The van der Waals surface area contributed by atoms with Crippen LogP contribution in [0.4, 0.5) is 5.69 Å². The van der Waals surface area contributed by atoms with Gasteiger partial charge in [0.05, 0.1) is 11.3 Å². The van der Waals surface area contributed by atoms with Crippen molar-refractivity contribution in [2.24, 2.45) is 5.73 Å². The number of rotatable bonds is 3. The van der Waals surface area contributed by atoms with Crippen LogP contribution in [0.5, 0.6) is 0 Å². The number of nitrogens with zero attached hydrogens (tertiary/aromatic N) is 1. The van der Waals surface area contributed by atoms with Crippen LogP contribution in [-0.4, -0.2) is 5.91 Å². The van der Waals surface area contributed by atoms with Crippen LogP contribution >= 0.6 is 0 Å². The summed E-state index contributed by atoms with van der Waals surface area (Å²) in [6.45, 7) is 2.84. The highest BCUT2D eigenvalue weighted by Gasteiger charge is 2.19. The monoisotopic (exact) mass is 278 g/mol. The molecule has 3 rings (SSSR count). The van der Waals surface area contributed by atoms with E-state index in [4.69, 9.17) is 5.73 Å². The van der Waals surface area contributed by atoms with Crippen LogP contribution in [0, 0.1) is 0 Å². The third-order valence-electron chi connectivity index (χ3n) is 3.88. The quantitative estimate of drug-likeness (QED) is 0.936. The number of hydrogen-bond donors (Lipinski definition) is 1. The zero-order valence-corrected chi connectivity index (χ0v) is 12.0. The maximum atomic E-state index is 11.7. The summed E-state index contributed by atoms with van der Waals surface area (Å²) < 4.78 is 0. The number of hydrogen-bond acceptors (Lipinski definition) is 2. The van der Waals surface area contributed by atoms with Crippen LogP contribution < -0.4 is 10.6 Å². The molecule has 2 aromatic carbocycles. The average Bonchev–Trinajstić information content (AvgIpc) is 2.53. The molecule has 0 saturated carbocycles. The first kappa shape index (κ1) is 13.4. The Kier molecular flexibility index (Phi) is 3.48. The molecule has 2 aromatic rings. The first-order chi connectivity index (χ1) is 10.2. The van der Waals surface area contributed by atoms with Crippen LogP contribution in [0.15, 0.2) is 48.7 Å². The van der Waals surface area contributed by atoms with E-state index in [-0.39, 0.29) is 5.91 Å². The average molecular weight is 278 g/mol. The molecule has 0 aliphatic carbocycles. The van der Waals surface area contributed by atoms with Crippen molar-refractivity contribution in [3.8, 4) is 0 Å². The summed E-state index contributed by atoms with van der Waals surface area (Å²) in [7, 11) is 0. The Morgan fingerprint density at radius 1 is 1.19 bits per heavy atom. The van der Waals surface area contributed by atoms with E-state index in [2.05, 4.69) is 36.1 Å². The summed E-state index contributed by atoms with van der Waals surface area (Å²) in [5.74, 6) is -0.382. The van der Waals surface area contributed by atoms with Crippen molar-refractivity contribution >= 4 is 17.7 Å². The first-order valence-corrected chi connectivity index (χ1v) is 7.15. The molecule has 1 aliphatic heterocycles. The van der Waals surface area contributed by atoms with Gasteiger partial charge in [-0.3, -0.25) is 4.79 Å². The van der Waals surface area contributed by atoms with Crippen LogP contribution in [0.1, 0.15) is 34.0 Å². The molecule has 0 fully saturated rings. The fraction of sp³-hybridized carbons (Fsp3) is 0.167. The van der Waals surface area contributed by atoms with Crippen LogP contribution in [-0.2, 0) is 13.0 Å². The number of primary amides is 1. The van der Waals surface area contributed by atoms with E-state index in [1.54, 1.807) is 6.07 Å². The second-order valence-electron chi connectivity index (χ2n) is 5.17. The molecule has 0 saturated heterocycles. The Labute approximate surface area is 124 Å². The van der Waals surface area contributed by atoms with Gasteiger partial charge in [-0.2, -0.15) is 0 Å². The van der Waals surface area contributed by atoms with Crippen molar-refractivity contribution in [1.82, 2.24) is 0 Å². The number of para-hydroxylation sites is 1. The lowest BCUT2D eigenvalue weighted by Gasteiger charge is -2.28. The van der Waals surface area contributed by atoms with Gasteiger partial charge in [0.25, 0.3) is 5.91 Å². The zero-order chi connectivity index (χ0) is 14.8. The third kappa shape index (κ3) is 2.42. The Morgan fingerprint density at radius 2 is 2.00 bits per heavy atom. The standard InChI is InChI=1S/C18H18N2O/c1-2-13-8-5-9-16(18(19)21)17(13)20-11-10-14-6-3-4-7-15(14)12-20/h3-11H,2,12H2,1H3,(H2,19,21). The zero-order valence-electron chi connectivity index (χ0n) is 12.0.